The van der Waals surface area contributed by atoms with E-state index in [-0.39, 0.29) is 18.0 Å². The van der Waals surface area contributed by atoms with Gasteiger partial charge < -0.3 is 14.6 Å². The third-order valence-electron chi connectivity index (χ3n) is 7.49. The highest BCUT2D eigenvalue weighted by molar-refractivity contribution is 6.42. The number of pyridine rings is 1. The van der Waals surface area contributed by atoms with Crippen LogP contribution in [0.2, 0.25) is 10.0 Å². The van der Waals surface area contributed by atoms with E-state index in [0.29, 0.717) is 21.3 Å². The van der Waals surface area contributed by atoms with E-state index in [9.17, 15) is 4.39 Å². The Hall–Kier alpha value is -3.52. The molecule has 2 aromatic carbocycles. The lowest BCUT2D eigenvalue weighted by Gasteiger charge is -2.25. The number of aromatic nitrogens is 3. The Balaban J connectivity index is 1.61. The molecule has 204 valence electrons. The first-order chi connectivity index (χ1) is 19.4. The Kier molecular flexibility index (Phi) is 7.45. The van der Waals surface area contributed by atoms with Gasteiger partial charge in [0.25, 0.3) is 0 Å². The standard InChI is InChI=1S/C31H28Cl2FN5O/c1-18-25(4-3-13-35-18)37-26-16-29-31(17-27(26)36-20-6-9-22(40-2)10-7-20)39(21-8-11-23(32)24(33)15-21)30-12-5-19(34)14-28(30)38-29/h3-5,8,11-17,20,22,37H,6-7,9-10H2,1-2H3/b36-27+. The van der Waals surface area contributed by atoms with Gasteiger partial charge in [0.15, 0.2) is 0 Å². The molecule has 40 heavy (non-hydrogen) atoms. The molecule has 0 atom stereocenters. The predicted octanol–water partition coefficient (Wildman–Crippen LogP) is 7.88. The summed E-state index contributed by atoms with van der Waals surface area (Å²) < 4.78 is 21.9. The number of nitrogens with one attached hydrogen (secondary N) is 1. The molecular weight excluding hydrogens is 548 g/mol. The Bertz CT molecular complexity index is 1750. The highest BCUT2D eigenvalue weighted by Gasteiger charge is 2.22. The fraction of sp³-hybridized carbons (Fsp3) is 0.258. The average molecular weight is 577 g/mol. The molecule has 1 saturated carbocycles. The molecule has 0 radical (unpaired) electrons. The Morgan fingerprint density at radius 1 is 0.975 bits per heavy atom. The SMILES string of the molecule is COC1CCC(/N=c2\cc3n(-c4ccc(Cl)c(Cl)c4)c4ccc(F)cc4nc-3cc2Nc2cccnc2C)CC1. The van der Waals surface area contributed by atoms with Crippen LogP contribution in [-0.4, -0.2) is 33.8 Å². The Morgan fingerprint density at radius 3 is 2.55 bits per heavy atom. The van der Waals surface area contributed by atoms with Gasteiger partial charge in [-0.2, -0.15) is 0 Å². The zero-order chi connectivity index (χ0) is 27.8. The van der Waals surface area contributed by atoms with Crippen LogP contribution in [-0.2, 0) is 4.74 Å². The lowest BCUT2D eigenvalue weighted by Crippen LogP contribution is -2.25. The van der Waals surface area contributed by atoms with Crippen LogP contribution in [0, 0.1) is 12.7 Å². The van der Waals surface area contributed by atoms with Crippen LogP contribution in [0.5, 0.6) is 0 Å². The fourth-order valence-electron chi connectivity index (χ4n) is 5.35. The van der Waals surface area contributed by atoms with Crippen LogP contribution in [0.3, 0.4) is 0 Å². The van der Waals surface area contributed by atoms with E-state index in [1.165, 1.54) is 12.1 Å². The maximum Gasteiger partial charge on any atom is 0.125 e. The largest absolute Gasteiger partial charge is 0.381 e. The zero-order valence-corrected chi connectivity index (χ0v) is 23.7. The number of hydrogen-bond donors (Lipinski definition) is 1. The second kappa shape index (κ2) is 11.2. The minimum Gasteiger partial charge on any atom is -0.381 e. The molecule has 1 aliphatic heterocycles. The van der Waals surface area contributed by atoms with Crippen molar-refractivity contribution in [2.45, 2.75) is 44.8 Å². The summed E-state index contributed by atoms with van der Waals surface area (Å²) in [6.07, 6.45) is 5.90. The topological polar surface area (TPSA) is 64.3 Å². The van der Waals surface area contributed by atoms with E-state index in [1.54, 1.807) is 31.5 Å². The van der Waals surface area contributed by atoms with Crippen molar-refractivity contribution in [1.82, 2.24) is 14.5 Å². The summed E-state index contributed by atoms with van der Waals surface area (Å²) in [6, 6.07) is 18.1. The minimum absolute atomic E-state index is 0.167. The number of aryl methyl sites for hydroxylation is 1. The highest BCUT2D eigenvalue weighted by atomic mass is 35.5. The van der Waals surface area contributed by atoms with E-state index in [4.69, 9.17) is 37.9 Å². The molecule has 3 aromatic rings. The summed E-state index contributed by atoms with van der Waals surface area (Å²) in [6.45, 7) is 1.96. The summed E-state index contributed by atoms with van der Waals surface area (Å²) in [7, 11) is 1.77. The van der Waals surface area contributed by atoms with Crippen LogP contribution < -0.4 is 10.7 Å². The number of methoxy groups -OCH3 is 1. The van der Waals surface area contributed by atoms with Gasteiger partial charge in [-0.3, -0.25) is 9.98 Å². The smallest absolute Gasteiger partial charge is 0.125 e. The van der Waals surface area contributed by atoms with Gasteiger partial charge in [-0.25, -0.2) is 9.37 Å². The molecular formula is C31H28Cl2FN5O. The first-order valence-corrected chi connectivity index (χ1v) is 14.0. The highest BCUT2D eigenvalue weighted by Crippen LogP contribution is 2.33. The van der Waals surface area contributed by atoms with Crippen molar-refractivity contribution in [3.05, 3.63) is 93.8 Å². The van der Waals surface area contributed by atoms with Crippen molar-refractivity contribution in [3.63, 3.8) is 0 Å². The van der Waals surface area contributed by atoms with E-state index >= 15 is 0 Å². The first-order valence-electron chi connectivity index (χ1n) is 13.3. The lowest BCUT2D eigenvalue weighted by atomic mass is 9.93. The third kappa shape index (κ3) is 5.29. The van der Waals surface area contributed by atoms with E-state index < -0.39 is 0 Å². The number of benzene rings is 3. The van der Waals surface area contributed by atoms with Crippen molar-refractivity contribution in [2.75, 3.05) is 12.4 Å². The number of ether oxygens (including phenoxy) is 1. The maximum absolute atomic E-state index is 14.3. The summed E-state index contributed by atoms with van der Waals surface area (Å²) in [5.41, 5.74) is 6.09. The third-order valence-corrected chi connectivity index (χ3v) is 8.23. The number of hydrogen-bond acceptors (Lipinski definition) is 5. The van der Waals surface area contributed by atoms with Crippen LogP contribution in [0.4, 0.5) is 15.8 Å². The van der Waals surface area contributed by atoms with Gasteiger partial charge in [-0.1, -0.05) is 23.2 Å². The molecule has 6 nitrogen and oxygen atoms in total. The van der Waals surface area contributed by atoms with Gasteiger partial charge in [0.1, 0.15) is 5.82 Å². The second-order valence-corrected chi connectivity index (χ2v) is 10.9. The number of anilines is 2. The van der Waals surface area contributed by atoms with E-state index in [0.717, 1.165) is 65.0 Å². The normalized spacial score (nSPS) is 18.0. The quantitative estimate of drug-likeness (QED) is 0.216. The molecule has 6 rings (SSSR count). The first kappa shape index (κ1) is 26.7. The van der Waals surface area contributed by atoms with Crippen LogP contribution in [0.25, 0.3) is 28.1 Å². The van der Waals surface area contributed by atoms with Gasteiger partial charge in [0, 0.05) is 25.1 Å². The number of halogens is 3. The van der Waals surface area contributed by atoms with Gasteiger partial charge in [-0.15, -0.1) is 0 Å². The van der Waals surface area contributed by atoms with Crippen molar-refractivity contribution >= 4 is 45.6 Å². The van der Waals surface area contributed by atoms with Crippen molar-refractivity contribution in [3.8, 4) is 17.1 Å². The molecule has 1 fully saturated rings. The molecule has 3 aliphatic rings. The van der Waals surface area contributed by atoms with Crippen LogP contribution in [0.15, 0.2) is 71.9 Å². The molecule has 2 aliphatic carbocycles. The molecule has 0 saturated heterocycles. The number of nitrogens with zero attached hydrogens (tertiary/aromatic N) is 4. The van der Waals surface area contributed by atoms with Gasteiger partial charge in [-0.05, 0) is 87.2 Å². The summed E-state index contributed by atoms with van der Waals surface area (Å²) in [5.74, 6) is -0.359. The Labute approximate surface area is 241 Å². The van der Waals surface area contributed by atoms with Crippen molar-refractivity contribution in [1.29, 1.82) is 0 Å². The summed E-state index contributed by atoms with van der Waals surface area (Å²) in [5, 5.41) is 5.24. The molecule has 9 heteroatoms. The predicted molar refractivity (Wildman–Crippen MR) is 159 cm³/mol. The lowest BCUT2D eigenvalue weighted by molar-refractivity contribution is 0.0663. The maximum atomic E-state index is 14.3. The van der Waals surface area contributed by atoms with E-state index in [1.807, 2.05) is 41.8 Å². The van der Waals surface area contributed by atoms with Gasteiger partial charge in [0.2, 0.25) is 0 Å². The second-order valence-electron chi connectivity index (χ2n) is 10.1. The Morgan fingerprint density at radius 2 is 1.80 bits per heavy atom. The van der Waals surface area contributed by atoms with E-state index in [2.05, 4.69) is 10.3 Å². The summed E-state index contributed by atoms with van der Waals surface area (Å²) in [4.78, 5) is 14.5. The molecule has 0 unspecified atom stereocenters. The molecule has 0 bridgehead atoms. The van der Waals surface area contributed by atoms with Crippen molar-refractivity contribution < 1.29 is 9.13 Å². The minimum atomic E-state index is -0.359. The summed E-state index contributed by atoms with van der Waals surface area (Å²) >= 11 is 12.7. The van der Waals surface area contributed by atoms with Gasteiger partial charge >= 0.3 is 0 Å². The fourth-order valence-corrected chi connectivity index (χ4v) is 5.64. The molecule has 2 heterocycles. The number of fused-ring (bicyclic) bond motifs is 2. The van der Waals surface area contributed by atoms with Crippen LogP contribution in [0.1, 0.15) is 31.4 Å². The van der Waals surface area contributed by atoms with Gasteiger partial charge in [0.05, 0.1) is 67.0 Å². The molecule has 1 aromatic heterocycles. The molecule has 0 amide bonds. The monoisotopic (exact) mass is 575 g/mol. The molecule has 1 N–H and O–H groups in total. The number of rotatable bonds is 5. The molecule has 0 spiro atoms. The van der Waals surface area contributed by atoms with Crippen molar-refractivity contribution in [2.24, 2.45) is 4.99 Å². The van der Waals surface area contributed by atoms with Crippen LogP contribution >= 0.6 is 23.2 Å². The average Bonchev–Trinajstić information content (AvgIpc) is 2.95. The zero-order valence-electron chi connectivity index (χ0n) is 22.2.